The summed E-state index contributed by atoms with van der Waals surface area (Å²) in [5, 5.41) is 0. The normalized spacial score (nSPS) is 13.9. The fourth-order valence-corrected chi connectivity index (χ4v) is 2.14. The van der Waals surface area contributed by atoms with Gasteiger partial charge < -0.3 is 14.2 Å². The van der Waals surface area contributed by atoms with Gasteiger partial charge in [-0.05, 0) is 30.0 Å². The summed E-state index contributed by atoms with van der Waals surface area (Å²) in [4.78, 5) is 0. The lowest BCUT2D eigenvalue weighted by molar-refractivity contribution is 0.323. The fraction of sp³-hybridized carbons (Fsp3) is 0.333. The van der Waals surface area contributed by atoms with Crippen LogP contribution in [0, 0.1) is 5.92 Å². The number of ether oxygens (including phenoxy) is 3. The maximum Gasteiger partial charge on any atom is 0.203 e. The highest BCUT2D eigenvalue weighted by Gasteiger charge is 2.14. The van der Waals surface area contributed by atoms with Gasteiger partial charge in [-0.2, -0.15) is 0 Å². The van der Waals surface area contributed by atoms with Crippen LogP contribution >= 0.6 is 0 Å². The van der Waals surface area contributed by atoms with Crippen LogP contribution in [0.15, 0.2) is 36.4 Å². The third-order valence-electron chi connectivity index (χ3n) is 3.02. The van der Waals surface area contributed by atoms with Crippen molar-refractivity contribution in [1.29, 1.82) is 0 Å². The maximum atomic E-state index is 5.34. The Bertz CT molecular complexity index is 438. The van der Waals surface area contributed by atoms with Gasteiger partial charge >= 0.3 is 0 Å². The molecule has 3 nitrogen and oxygen atoms in total. The van der Waals surface area contributed by atoms with Crippen molar-refractivity contribution in [2.24, 2.45) is 5.92 Å². The summed E-state index contributed by atoms with van der Waals surface area (Å²) in [7, 11) is 4.88. The zero-order valence-electron chi connectivity index (χ0n) is 11.0. The topological polar surface area (TPSA) is 27.7 Å². The molecule has 1 aliphatic carbocycles. The van der Waals surface area contributed by atoms with Gasteiger partial charge in [-0.25, -0.2) is 0 Å². The summed E-state index contributed by atoms with van der Waals surface area (Å²) in [5.74, 6) is 2.50. The molecule has 96 valence electrons. The van der Waals surface area contributed by atoms with E-state index in [1.54, 1.807) is 21.3 Å². The van der Waals surface area contributed by atoms with Crippen LogP contribution in [0.25, 0.3) is 0 Å². The molecule has 0 unspecified atom stereocenters. The van der Waals surface area contributed by atoms with E-state index in [1.807, 2.05) is 12.1 Å². The first kappa shape index (κ1) is 12.6. The van der Waals surface area contributed by atoms with Crippen molar-refractivity contribution >= 4 is 0 Å². The molecule has 0 saturated heterocycles. The van der Waals surface area contributed by atoms with Crippen LogP contribution in [0.3, 0.4) is 0 Å². The van der Waals surface area contributed by atoms with Gasteiger partial charge in [0.25, 0.3) is 0 Å². The Morgan fingerprint density at radius 2 is 1.44 bits per heavy atom. The standard InChI is InChI=1S/C15H18O3/c1-16-13-9-12(8-11-6-4-5-7-11)10-14(17-2)15(13)18-3/h4-7,9-11H,8H2,1-3H3. The zero-order valence-corrected chi connectivity index (χ0v) is 11.0. The minimum absolute atomic E-state index is 0.452. The van der Waals surface area contributed by atoms with E-state index in [1.165, 1.54) is 5.56 Å². The number of methoxy groups -OCH3 is 3. The van der Waals surface area contributed by atoms with Crippen molar-refractivity contribution < 1.29 is 14.2 Å². The SMILES string of the molecule is COc1cc(CC2C=CC=C2)cc(OC)c1OC. The summed E-state index contributed by atoms with van der Waals surface area (Å²) >= 11 is 0. The van der Waals surface area contributed by atoms with Crippen molar-refractivity contribution in [3.05, 3.63) is 42.0 Å². The third kappa shape index (κ3) is 2.50. The summed E-state index contributed by atoms with van der Waals surface area (Å²) < 4.78 is 16.0. The second-order valence-electron chi connectivity index (χ2n) is 4.17. The van der Waals surface area contributed by atoms with E-state index in [2.05, 4.69) is 24.3 Å². The lowest BCUT2D eigenvalue weighted by Gasteiger charge is -2.15. The van der Waals surface area contributed by atoms with E-state index in [0.717, 1.165) is 6.42 Å². The second kappa shape index (κ2) is 5.63. The minimum Gasteiger partial charge on any atom is -0.493 e. The van der Waals surface area contributed by atoms with Gasteiger partial charge in [0.15, 0.2) is 11.5 Å². The molecule has 2 rings (SSSR count). The molecule has 0 aliphatic heterocycles. The van der Waals surface area contributed by atoms with Crippen molar-refractivity contribution in [2.75, 3.05) is 21.3 Å². The number of allylic oxidation sites excluding steroid dienone is 4. The van der Waals surface area contributed by atoms with Crippen LogP contribution in [0.5, 0.6) is 17.2 Å². The van der Waals surface area contributed by atoms with E-state index >= 15 is 0 Å². The Morgan fingerprint density at radius 3 is 1.89 bits per heavy atom. The van der Waals surface area contributed by atoms with Gasteiger partial charge in [0.2, 0.25) is 5.75 Å². The Hall–Kier alpha value is -1.90. The summed E-state index contributed by atoms with van der Waals surface area (Å²) in [6.45, 7) is 0. The van der Waals surface area contributed by atoms with Crippen LogP contribution in [-0.2, 0) is 6.42 Å². The fourth-order valence-electron chi connectivity index (χ4n) is 2.14. The third-order valence-corrected chi connectivity index (χ3v) is 3.02. The Morgan fingerprint density at radius 1 is 0.889 bits per heavy atom. The van der Waals surface area contributed by atoms with Crippen LogP contribution in [0.1, 0.15) is 5.56 Å². The van der Waals surface area contributed by atoms with E-state index in [4.69, 9.17) is 14.2 Å². The molecule has 0 N–H and O–H groups in total. The molecule has 0 aromatic heterocycles. The molecule has 0 radical (unpaired) electrons. The van der Waals surface area contributed by atoms with Gasteiger partial charge in [-0.3, -0.25) is 0 Å². The molecule has 3 heteroatoms. The average Bonchev–Trinajstić information content (AvgIpc) is 2.90. The number of hydrogen-bond donors (Lipinski definition) is 0. The van der Waals surface area contributed by atoms with Crippen molar-refractivity contribution in [2.45, 2.75) is 6.42 Å². The van der Waals surface area contributed by atoms with Crippen molar-refractivity contribution in [1.82, 2.24) is 0 Å². The van der Waals surface area contributed by atoms with E-state index in [9.17, 15) is 0 Å². The van der Waals surface area contributed by atoms with Gasteiger partial charge in [-0.15, -0.1) is 0 Å². The lowest BCUT2D eigenvalue weighted by atomic mass is 10.00. The average molecular weight is 246 g/mol. The smallest absolute Gasteiger partial charge is 0.203 e. The molecule has 0 atom stereocenters. The molecular formula is C15H18O3. The Balaban J connectivity index is 2.30. The van der Waals surface area contributed by atoms with Gasteiger partial charge in [0.05, 0.1) is 21.3 Å². The van der Waals surface area contributed by atoms with Crippen LogP contribution in [0.4, 0.5) is 0 Å². The largest absolute Gasteiger partial charge is 0.493 e. The number of benzene rings is 1. The van der Waals surface area contributed by atoms with E-state index in [-0.39, 0.29) is 0 Å². The molecule has 0 spiro atoms. The zero-order chi connectivity index (χ0) is 13.0. The molecule has 1 aliphatic rings. The monoisotopic (exact) mass is 246 g/mol. The molecule has 18 heavy (non-hydrogen) atoms. The number of hydrogen-bond acceptors (Lipinski definition) is 3. The van der Waals surface area contributed by atoms with Gasteiger partial charge in [0, 0.05) is 0 Å². The van der Waals surface area contributed by atoms with Crippen LogP contribution < -0.4 is 14.2 Å². The summed E-state index contributed by atoms with van der Waals surface area (Å²) in [6.07, 6.45) is 9.45. The second-order valence-corrected chi connectivity index (χ2v) is 4.17. The van der Waals surface area contributed by atoms with Crippen LogP contribution in [-0.4, -0.2) is 21.3 Å². The minimum atomic E-state index is 0.452. The molecule has 1 aromatic rings. The first-order valence-electron chi connectivity index (χ1n) is 5.92. The van der Waals surface area contributed by atoms with Gasteiger partial charge in [-0.1, -0.05) is 24.3 Å². The van der Waals surface area contributed by atoms with Crippen LogP contribution in [0.2, 0.25) is 0 Å². The number of rotatable bonds is 5. The Labute approximate surface area is 108 Å². The first-order chi connectivity index (χ1) is 8.78. The van der Waals surface area contributed by atoms with E-state index < -0.39 is 0 Å². The molecule has 0 saturated carbocycles. The highest BCUT2D eigenvalue weighted by molar-refractivity contribution is 5.54. The molecule has 0 heterocycles. The Kier molecular flexibility index (Phi) is 3.92. The highest BCUT2D eigenvalue weighted by atomic mass is 16.5. The molecule has 1 aromatic carbocycles. The highest BCUT2D eigenvalue weighted by Crippen LogP contribution is 2.38. The molecule has 0 bridgehead atoms. The lowest BCUT2D eigenvalue weighted by Crippen LogP contribution is -2.00. The molecule has 0 amide bonds. The molecular weight excluding hydrogens is 228 g/mol. The predicted molar refractivity (Wildman–Crippen MR) is 71.6 cm³/mol. The maximum absolute atomic E-state index is 5.34. The van der Waals surface area contributed by atoms with E-state index in [0.29, 0.717) is 23.2 Å². The summed E-state index contributed by atoms with van der Waals surface area (Å²) in [6, 6.07) is 4.00. The summed E-state index contributed by atoms with van der Waals surface area (Å²) in [5.41, 5.74) is 1.17. The first-order valence-corrected chi connectivity index (χ1v) is 5.92. The van der Waals surface area contributed by atoms with Gasteiger partial charge in [0.1, 0.15) is 0 Å². The molecule has 0 fully saturated rings. The van der Waals surface area contributed by atoms with Crippen molar-refractivity contribution in [3.8, 4) is 17.2 Å². The van der Waals surface area contributed by atoms with Crippen molar-refractivity contribution in [3.63, 3.8) is 0 Å². The predicted octanol–water partition coefficient (Wildman–Crippen LogP) is 3.00. The quantitative estimate of drug-likeness (QED) is 0.799.